The zero-order valence-corrected chi connectivity index (χ0v) is 7.14. The Morgan fingerprint density at radius 3 is 2.64 bits per heavy atom. The van der Waals surface area contributed by atoms with E-state index in [2.05, 4.69) is 6.92 Å². The highest BCUT2D eigenvalue weighted by atomic mass is 16.3. The third kappa shape index (κ3) is 1.96. The summed E-state index contributed by atoms with van der Waals surface area (Å²) in [6, 6.07) is -0.102. The minimum Gasteiger partial charge on any atom is -0.511 e. The van der Waals surface area contributed by atoms with Crippen LogP contribution in [0.3, 0.4) is 0 Å². The Bertz CT molecular complexity index is 157. The van der Waals surface area contributed by atoms with Crippen LogP contribution in [-0.2, 0) is 0 Å². The van der Waals surface area contributed by atoms with Crippen molar-refractivity contribution in [2.75, 3.05) is 0 Å². The Balaban J connectivity index is 2.44. The molecule has 1 fully saturated rings. The summed E-state index contributed by atoms with van der Waals surface area (Å²) in [5, 5.41) is 9.52. The lowest BCUT2D eigenvalue weighted by molar-refractivity contribution is 0.337. The topological polar surface area (TPSA) is 46.2 Å². The van der Waals surface area contributed by atoms with Gasteiger partial charge in [0.1, 0.15) is 5.76 Å². The fourth-order valence-corrected chi connectivity index (χ4v) is 1.32. The first-order valence-electron chi connectivity index (χ1n) is 4.42. The first kappa shape index (κ1) is 8.60. The van der Waals surface area contributed by atoms with Crippen LogP contribution in [0, 0.1) is 0 Å². The van der Waals surface area contributed by atoms with Crippen molar-refractivity contribution in [3.63, 3.8) is 0 Å². The maximum absolute atomic E-state index is 9.52. The summed E-state index contributed by atoms with van der Waals surface area (Å²) in [6.45, 7) is 2.08. The summed E-state index contributed by atoms with van der Waals surface area (Å²) in [5.74, 6) is 0.470. The van der Waals surface area contributed by atoms with E-state index in [0.717, 1.165) is 25.7 Å². The van der Waals surface area contributed by atoms with Crippen LogP contribution < -0.4 is 5.73 Å². The fourth-order valence-electron chi connectivity index (χ4n) is 1.32. The summed E-state index contributed by atoms with van der Waals surface area (Å²) < 4.78 is 0. The third-order valence-corrected chi connectivity index (χ3v) is 2.27. The van der Waals surface area contributed by atoms with Gasteiger partial charge in [-0.1, -0.05) is 13.3 Å². The molecular formula is C9H17NO. The van der Waals surface area contributed by atoms with Crippen LogP contribution >= 0.6 is 0 Å². The van der Waals surface area contributed by atoms with Gasteiger partial charge in [0.25, 0.3) is 0 Å². The van der Waals surface area contributed by atoms with Gasteiger partial charge in [0.2, 0.25) is 0 Å². The van der Waals surface area contributed by atoms with Crippen molar-refractivity contribution < 1.29 is 5.11 Å². The quantitative estimate of drug-likeness (QED) is 0.613. The molecule has 0 radical (unpaired) electrons. The highest BCUT2D eigenvalue weighted by Gasteiger charge is 2.17. The molecule has 2 heteroatoms. The Hall–Kier alpha value is -0.500. The number of nitrogens with two attached hydrogens (primary N) is 1. The minimum absolute atomic E-state index is 0.102. The van der Waals surface area contributed by atoms with E-state index >= 15 is 0 Å². The number of hydrogen-bond donors (Lipinski definition) is 2. The highest BCUT2D eigenvalue weighted by Crippen LogP contribution is 2.29. The summed E-state index contributed by atoms with van der Waals surface area (Å²) >= 11 is 0. The standard InChI is InChI=1S/C9H17NO/c1-2-4-8(10)9(11)7-5-3-6-7/h8,11H,2-6,10H2,1H3. The van der Waals surface area contributed by atoms with Crippen molar-refractivity contribution >= 4 is 0 Å². The number of aliphatic hydroxyl groups excluding tert-OH is 1. The van der Waals surface area contributed by atoms with Crippen LogP contribution in [0.25, 0.3) is 0 Å². The summed E-state index contributed by atoms with van der Waals surface area (Å²) in [7, 11) is 0. The molecule has 11 heavy (non-hydrogen) atoms. The van der Waals surface area contributed by atoms with Crippen molar-refractivity contribution in [2.45, 2.75) is 45.1 Å². The lowest BCUT2D eigenvalue weighted by atomic mass is 9.89. The molecule has 0 aromatic rings. The van der Waals surface area contributed by atoms with Crippen LogP contribution in [-0.4, -0.2) is 11.1 Å². The van der Waals surface area contributed by atoms with Crippen LogP contribution in [0.2, 0.25) is 0 Å². The van der Waals surface area contributed by atoms with E-state index < -0.39 is 0 Å². The molecule has 1 atom stereocenters. The average molecular weight is 155 g/mol. The van der Waals surface area contributed by atoms with Gasteiger partial charge in [0, 0.05) is 0 Å². The Morgan fingerprint density at radius 1 is 1.64 bits per heavy atom. The molecule has 0 bridgehead atoms. The monoisotopic (exact) mass is 155 g/mol. The molecule has 0 spiro atoms. The normalized spacial score (nSPS) is 19.3. The van der Waals surface area contributed by atoms with E-state index in [1.165, 1.54) is 12.0 Å². The number of rotatable bonds is 3. The predicted molar refractivity (Wildman–Crippen MR) is 46.4 cm³/mol. The van der Waals surface area contributed by atoms with Gasteiger partial charge >= 0.3 is 0 Å². The number of hydrogen-bond acceptors (Lipinski definition) is 2. The molecule has 1 saturated carbocycles. The predicted octanol–water partition coefficient (Wildman–Crippen LogP) is 2.11. The minimum atomic E-state index is -0.102. The van der Waals surface area contributed by atoms with Crippen LogP contribution in [0.4, 0.5) is 0 Å². The van der Waals surface area contributed by atoms with Gasteiger partial charge in [-0.05, 0) is 31.3 Å². The maximum Gasteiger partial charge on any atom is 0.108 e. The van der Waals surface area contributed by atoms with Crippen molar-refractivity contribution in [3.05, 3.63) is 11.3 Å². The second-order valence-electron chi connectivity index (χ2n) is 3.24. The second kappa shape index (κ2) is 3.77. The maximum atomic E-state index is 9.52. The molecule has 0 aliphatic heterocycles. The second-order valence-corrected chi connectivity index (χ2v) is 3.24. The molecule has 64 valence electrons. The number of allylic oxidation sites excluding steroid dienone is 1. The van der Waals surface area contributed by atoms with Gasteiger partial charge in [-0.2, -0.15) is 0 Å². The van der Waals surface area contributed by atoms with E-state index in [1.807, 2.05) is 0 Å². The fraction of sp³-hybridized carbons (Fsp3) is 0.778. The Labute approximate surface area is 68.1 Å². The molecule has 0 aromatic heterocycles. The lowest BCUT2D eigenvalue weighted by Gasteiger charge is -2.21. The van der Waals surface area contributed by atoms with E-state index in [0.29, 0.717) is 5.76 Å². The third-order valence-electron chi connectivity index (χ3n) is 2.27. The smallest absolute Gasteiger partial charge is 0.108 e. The van der Waals surface area contributed by atoms with E-state index in [9.17, 15) is 5.11 Å². The first-order valence-corrected chi connectivity index (χ1v) is 4.42. The summed E-state index contributed by atoms with van der Waals surface area (Å²) in [4.78, 5) is 0. The van der Waals surface area contributed by atoms with Crippen LogP contribution in [0.15, 0.2) is 11.3 Å². The van der Waals surface area contributed by atoms with Gasteiger partial charge in [-0.15, -0.1) is 0 Å². The molecule has 3 N–H and O–H groups in total. The molecule has 2 nitrogen and oxygen atoms in total. The molecule has 1 aliphatic rings. The largest absolute Gasteiger partial charge is 0.511 e. The van der Waals surface area contributed by atoms with Gasteiger partial charge in [-0.3, -0.25) is 0 Å². The van der Waals surface area contributed by atoms with Crippen molar-refractivity contribution in [1.82, 2.24) is 0 Å². The highest BCUT2D eigenvalue weighted by molar-refractivity contribution is 5.17. The van der Waals surface area contributed by atoms with Gasteiger partial charge in [0.15, 0.2) is 0 Å². The molecule has 1 rings (SSSR count). The van der Waals surface area contributed by atoms with Crippen molar-refractivity contribution in [3.8, 4) is 0 Å². The molecule has 0 amide bonds. The SMILES string of the molecule is CCCC(N)C(O)=C1CCC1. The van der Waals surface area contributed by atoms with E-state index in [-0.39, 0.29) is 6.04 Å². The van der Waals surface area contributed by atoms with Crippen LogP contribution in [0.5, 0.6) is 0 Å². The number of aliphatic hydroxyl groups is 1. The molecule has 1 unspecified atom stereocenters. The molecule has 0 aromatic carbocycles. The lowest BCUT2D eigenvalue weighted by Crippen LogP contribution is -2.24. The average Bonchev–Trinajstić information content (AvgIpc) is 1.84. The van der Waals surface area contributed by atoms with Crippen molar-refractivity contribution in [1.29, 1.82) is 0 Å². The molecular weight excluding hydrogens is 138 g/mol. The van der Waals surface area contributed by atoms with Crippen molar-refractivity contribution in [2.24, 2.45) is 5.73 Å². The van der Waals surface area contributed by atoms with Crippen LogP contribution in [0.1, 0.15) is 39.0 Å². The van der Waals surface area contributed by atoms with Gasteiger partial charge < -0.3 is 10.8 Å². The zero-order valence-electron chi connectivity index (χ0n) is 7.14. The van der Waals surface area contributed by atoms with Gasteiger partial charge in [-0.25, -0.2) is 0 Å². The molecule has 1 aliphatic carbocycles. The molecule has 0 heterocycles. The van der Waals surface area contributed by atoms with Gasteiger partial charge in [0.05, 0.1) is 6.04 Å². The zero-order chi connectivity index (χ0) is 8.27. The van der Waals surface area contributed by atoms with E-state index in [4.69, 9.17) is 5.73 Å². The Kier molecular flexibility index (Phi) is 2.94. The molecule has 0 saturated heterocycles. The first-order chi connectivity index (χ1) is 5.25. The summed E-state index contributed by atoms with van der Waals surface area (Å²) in [6.07, 6.45) is 5.28. The summed E-state index contributed by atoms with van der Waals surface area (Å²) in [5.41, 5.74) is 6.92. The Morgan fingerprint density at radius 2 is 2.27 bits per heavy atom. The van der Waals surface area contributed by atoms with E-state index in [1.54, 1.807) is 0 Å².